The van der Waals surface area contributed by atoms with E-state index in [1.807, 2.05) is 38.1 Å². The third kappa shape index (κ3) is 5.25. The first-order valence-electron chi connectivity index (χ1n) is 10.3. The third-order valence-electron chi connectivity index (χ3n) is 4.33. The van der Waals surface area contributed by atoms with Gasteiger partial charge < -0.3 is 9.15 Å². The minimum atomic E-state index is -0.312. The zero-order valence-corrected chi connectivity index (χ0v) is 18.0. The summed E-state index contributed by atoms with van der Waals surface area (Å²) in [6.45, 7) is 12.4. The van der Waals surface area contributed by atoms with Crippen LogP contribution in [0.3, 0.4) is 0 Å². The molecule has 0 fully saturated rings. The van der Waals surface area contributed by atoms with E-state index in [9.17, 15) is 4.79 Å². The summed E-state index contributed by atoms with van der Waals surface area (Å²) in [5.74, 6) is 0.708. The number of hydrogen-bond donors (Lipinski definition) is 0. The van der Waals surface area contributed by atoms with Crippen LogP contribution in [0.25, 0.3) is 22.1 Å². The summed E-state index contributed by atoms with van der Waals surface area (Å²) in [6, 6.07) is 13.8. The van der Waals surface area contributed by atoms with E-state index in [0.29, 0.717) is 16.9 Å². The molecule has 0 amide bonds. The highest BCUT2D eigenvalue weighted by Gasteiger charge is 2.12. The summed E-state index contributed by atoms with van der Waals surface area (Å²) in [7, 11) is 0. The van der Waals surface area contributed by atoms with Gasteiger partial charge in [-0.1, -0.05) is 52.3 Å². The van der Waals surface area contributed by atoms with Crippen molar-refractivity contribution in [1.82, 2.24) is 0 Å². The van der Waals surface area contributed by atoms with Crippen LogP contribution in [-0.2, 0) is 12.8 Å². The van der Waals surface area contributed by atoms with Crippen LogP contribution in [0.1, 0.15) is 59.1 Å². The van der Waals surface area contributed by atoms with Crippen molar-refractivity contribution in [3.8, 4) is 16.9 Å². The second kappa shape index (κ2) is 10.1. The third-order valence-corrected chi connectivity index (χ3v) is 4.33. The molecule has 28 heavy (non-hydrogen) atoms. The van der Waals surface area contributed by atoms with Gasteiger partial charge in [-0.2, -0.15) is 0 Å². The maximum absolute atomic E-state index is 12.6. The van der Waals surface area contributed by atoms with Gasteiger partial charge in [-0.3, -0.25) is 0 Å². The lowest BCUT2D eigenvalue weighted by Crippen LogP contribution is -2.07. The van der Waals surface area contributed by atoms with Crippen molar-refractivity contribution in [2.45, 2.75) is 66.9 Å². The van der Waals surface area contributed by atoms with E-state index in [1.54, 1.807) is 6.07 Å². The Balaban J connectivity index is 0.000000878. The molecule has 0 atom stereocenters. The van der Waals surface area contributed by atoms with Gasteiger partial charge in [0, 0.05) is 11.5 Å². The Morgan fingerprint density at radius 3 is 2.21 bits per heavy atom. The van der Waals surface area contributed by atoms with Gasteiger partial charge in [-0.25, -0.2) is 4.79 Å². The molecular weight excluding hydrogens is 348 g/mol. The molecule has 0 saturated heterocycles. The molecule has 1 heterocycles. The monoisotopic (exact) mass is 380 g/mol. The Kier molecular flexibility index (Phi) is 7.86. The van der Waals surface area contributed by atoms with Crippen LogP contribution < -0.4 is 10.4 Å². The Morgan fingerprint density at radius 2 is 1.61 bits per heavy atom. The molecule has 3 nitrogen and oxygen atoms in total. The van der Waals surface area contributed by atoms with Gasteiger partial charge in [-0.05, 0) is 61.6 Å². The number of benzene rings is 2. The van der Waals surface area contributed by atoms with Crippen molar-refractivity contribution in [3.63, 3.8) is 0 Å². The number of aryl methyl sites for hydroxylation is 2. The predicted molar refractivity (Wildman–Crippen MR) is 118 cm³/mol. The van der Waals surface area contributed by atoms with Crippen molar-refractivity contribution in [3.05, 3.63) is 64.0 Å². The molecule has 0 bridgehead atoms. The fraction of sp³-hybridized carbons (Fsp3) is 0.400. The molecule has 0 aliphatic rings. The van der Waals surface area contributed by atoms with Crippen molar-refractivity contribution in [2.24, 2.45) is 0 Å². The Morgan fingerprint density at radius 1 is 0.893 bits per heavy atom. The zero-order chi connectivity index (χ0) is 20.7. The van der Waals surface area contributed by atoms with E-state index >= 15 is 0 Å². The summed E-state index contributed by atoms with van der Waals surface area (Å²) in [5.41, 5.74) is 4.26. The van der Waals surface area contributed by atoms with Gasteiger partial charge in [-0.15, -0.1) is 0 Å². The Bertz CT molecular complexity index is 967. The fourth-order valence-corrected chi connectivity index (χ4v) is 3.05. The highest BCUT2D eigenvalue weighted by atomic mass is 16.5. The second-order valence-corrected chi connectivity index (χ2v) is 7.22. The number of ether oxygens (including phenoxy) is 1. The first-order chi connectivity index (χ1) is 13.4. The van der Waals surface area contributed by atoms with Crippen LogP contribution in [-0.4, -0.2) is 6.10 Å². The zero-order valence-electron chi connectivity index (χ0n) is 18.0. The summed E-state index contributed by atoms with van der Waals surface area (Å²) < 4.78 is 11.3. The van der Waals surface area contributed by atoms with E-state index in [-0.39, 0.29) is 11.7 Å². The van der Waals surface area contributed by atoms with Crippen LogP contribution in [0, 0.1) is 0 Å². The van der Waals surface area contributed by atoms with E-state index in [1.165, 1.54) is 17.5 Å². The number of fused-ring (bicyclic) bond motifs is 1. The topological polar surface area (TPSA) is 39.4 Å². The molecule has 2 aromatic carbocycles. The van der Waals surface area contributed by atoms with Crippen LogP contribution in [0.2, 0.25) is 0 Å². The molecule has 3 heteroatoms. The average molecular weight is 381 g/mol. The van der Waals surface area contributed by atoms with Crippen molar-refractivity contribution >= 4 is 11.0 Å². The average Bonchev–Trinajstić information content (AvgIpc) is 2.67. The number of rotatable bonds is 5. The second-order valence-electron chi connectivity index (χ2n) is 7.22. The molecule has 3 aromatic rings. The molecule has 0 unspecified atom stereocenters. The van der Waals surface area contributed by atoms with Gasteiger partial charge in [0.15, 0.2) is 0 Å². The molecule has 150 valence electrons. The Labute approximate surface area is 168 Å². The van der Waals surface area contributed by atoms with E-state index in [4.69, 9.17) is 9.15 Å². The molecule has 0 spiro atoms. The molecule has 0 aliphatic carbocycles. The predicted octanol–water partition coefficient (Wildman–Crippen LogP) is 6.79. The summed E-state index contributed by atoms with van der Waals surface area (Å²) in [6.07, 6.45) is 3.19. The van der Waals surface area contributed by atoms with Crippen molar-refractivity contribution < 1.29 is 9.15 Å². The first-order valence-corrected chi connectivity index (χ1v) is 10.3. The molecule has 0 radical (unpaired) electrons. The van der Waals surface area contributed by atoms with E-state index in [2.05, 4.69) is 39.8 Å². The highest BCUT2D eigenvalue weighted by molar-refractivity contribution is 5.83. The molecule has 0 aliphatic heterocycles. The maximum Gasteiger partial charge on any atom is 0.344 e. The van der Waals surface area contributed by atoms with Gasteiger partial charge in [0.2, 0.25) is 0 Å². The smallest absolute Gasteiger partial charge is 0.344 e. The van der Waals surface area contributed by atoms with Gasteiger partial charge in [0.25, 0.3) is 0 Å². The largest absolute Gasteiger partial charge is 0.491 e. The molecule has 0 saturated carbocycles. The normalized spacial score (nSPS) is 10.7. The van der Waals surface area contributed by atoms with Crippen LogP contribution in [0.15, 0.2) is 51.7 Å². The van der Waals surface area contributed by atoms with Crippen LogP contribution in [0.4, 0.5) is 0 Å². The summed E-state index contributed by atoms with van der Waals surface area (Å²) >= 11 is 0. The van der Waals surface area contributed by atoms with Crippen molar-refractivity contribution in [1.29, 1.82) is 0 Å². The number of hydrogen-bond acceptors (Lipinski definition) is 3. The fourth-order valence-electron chi connectivity index (χ4n) is 3.05. The lowest BCUT2D eigenvalue weighted by molar-refractivity contribution is 0.242. The minimum absolute atomic E-state index is 0.0765. The van der Waals surface area contributed by atoms with Crippen LogP contribution >= 0.6 is 0 Å². The lowest BCUT2D eigenvalue weighted by atomic mass is 9.95. The Hall–Kier alpha value is -2.55. The first kappa shape index (κ1) is 21.7. The van der Waals surface area contributed by atoms with Gasteiger partial charge in [0.05, 0.1) is 11.7 Å². The lowest BCUT2D eigenvalue weighted by Gasteiger charge is -2.11. The summed E-state index contributed by atoms with van der Waals surface area (Å²) in [5, 5.41) is 0.896. The highest BCUT2D eigenvalue weighted by Crippen LogP contribution is 2.28. The molecular formula is C25H32O3. The molecule has 1 aromatic heterocycles. The van der Waals surface area contributed by atoms with Gasteiger partial charge >= 0.3 is 5.63 Å². The van der Waals surface area contributed by atoms with E-state index < -0.39 is 0 Å². The maximum atomic E-state index is 12.6. The quantitative estimate of drug-likeness (QED) is 0.458. The summed E-state index contributed by atoms with van der Waals surface area (Å²) in [4.78, 5) is 12.6. The molecule has 3 rings (SSSR count). The minimum Gasteiger partial charge on any atom is -0.491 e. The van der Waals surface area contributed by atoms with E-state index in [0.717, 1.165) is 23.8 Å². The SMILES string of the molecule is CCC.CCc1ccc(-c2cc3ccc(OC(C)C)cc3oc2=O)c(CC)c1. The van der Waals surface area contributed by atoms with Crippen molar-refractivity contribution in [2.75, 3.05) is 0 Å². The van der Waals surface area contributed by atoms with Crippen LogP contribution in [0.5, 0.6) is 5.75 Å². The standard InChI is InChI=1S/C22H24O3.C3H8/c1-5-15-7-10-19(16(6-2)11-15)20-12-17-8-9-18(24-14(3)4)13-21(17)25-22(20)23;1-3-2/h7-14H,5-6H2,1-4H3;3H2,1-2H3. The molecule has 0 N–H and O–H groups in total. The van der Waals surface area contributed by atoms with Gasteiger partial charge in [0.1, 0.15) is 11.3 Å².